The van der Waals surface area contributed by atoms with Gasteiger partial charge in [0.05, 0.1) is 11.2 Å². The van der Waals surface area contributed by atoms with Gasteiger partial charge in [0, 0.05) is 12.8 Å². The maximum atomic E-state index is 10.7. The fourth-order valence-corrected chi connectivity index (χ4v) is 1.53. The van der Waals surface area contributed by atoms with Crippen LogP contribution in [-0.2, 0) is 4.79 Å². The number of carbonyl (C=O) groups is 1. The highest BCUT2D eigenvalue weighted by Crippen LogP contribution is 2.22. The molecule has 3 heteroatoms. The van der Waals surface area contributed by atoms with Gasteiger partial charge in [-0.2, -0.15) is 0 Å². The zero-order valence-corrected chi connectivity index (χ0v) is 8.22. The van der Waals surface area contributed by atoms with Crippen LogP contribution in [0.1, 0.15) is 40.5 Å². The van der Waals surface area contributed by atoms with Crippen molar-refractivity contribution >= 4 is 5.78 Å². The van der Waals surface area contributed by atoms with E-state index in [1.807, 2.05) is 0 Å². The molecule has 0 fully saturated rings. The van der Waals surface area contributed by atoms with Crippen molar-refractivity contribution in [2.45, 2.75) is 51.7 Å². The molecule has 0 saturated heterocycles. The summed E-state index contributed by atoms with van der Waals surface area (Å²) in [5.41, 5.74) is -2.02. The molecule has 0 saturated carbocycles. The van der Waals surface area contributed by atoms with Crippen molar-refractivity contribution in [3.63, 3.8) is 0 Å². The summed E-state index contributed by atoms with van der Waals surface area (Å²) in [5, 5.41) is 19.0. The van der Waals surface area contributed by atoms with E-state index in [-0.39, 0.29) is 18.6 Å². The molecule has 0 bridgehead atoms. The van der Waals surface area contributed by atoms with Crippen LogP contribution in [0.5, 0.6) is 0 Å². The van der Waals surface area contributed by atoms with E-state index in [4.69, 9.17) is 0 Å². The quantitative estimate of drug-likeness (QED) is 0.665. The second-order valence-corrected chi connectivity index (χ2v) is 4.36. The van der Waals surface area contributed by atoms with Gasteiger partial charge in [-0.15, -0.1) is 0 Å². The predicted octanol–water partition coefficient (Wildman–Crippen LogP) is 0.877. The summed E-state index contributed by atoms with van der Waals surface area (Å²) in [6.45, 7) is 6.22. The molecule has 0 rings (SSSR count). The van der Waals surface area contributed by atoms with Gasteiger partial charge in [-0.1, -0.05) is 0 Å². The van der Waals surface area contributed by atoms with Crippen LogP contribution in [0.2, 0.25) is 0 Å². The van der Waals surface area contributed by atoms with Crippen LogP contribution in [0, 0.1) is 0 Å². The van der Waals surface area contributed by atoms with Crippen LogP contribution in [0.15, 0.2) is 0 Å². The molecule has 0 aromatic rings. The van der Waals surface area contributed by atoms with Crippen LogP contribution in [-0.4, -0.2) is 27.2 Å². The summed E-state index contributed by atoms with van der Waals surface area (Å²) in [6.07, 6.45) is 0.302. The Kier molecular flexibility index (Phi) is 3.42. The van der Waals surface area contributed by atoms with Crippen molar-refractivity contribution in [2.75, 3.05) is 0 Å². The third kappa shape index (κ3) is 6.31. The Balaban J connectivity index is 4.13. The Morgan fingerprint density at radius 1 is 1.25 bits per heavy atom. The van der Waals surface area contributed by atoms with Gasteiger partial charge in [-0.25, -0.2) is 0 Å². The Morgan fingerprint density at radius 3 is 1.92 bits per heavy atom. The van der Waals surface area contributed by atoms with E-state index < -0.39 is 11.2 Å². The van der Waals surface area contributed by atoms with Crippen molar-refractivity contribution in [3.8, 4) is 0 Å². The monoisotopic (exact) mass is 174 g/mol. The molecule has 0 aliphatic heterocycles. The van der Waals surface area contributed by atoms with E-state index >= 15 is 0 Å². The highest BCUT2D eigenvalue weighted by atomic mass is 16.3. The highest BCUT2D eigenvalue weighted by Gasteiger charge is 2.29. The van der Waals surface area contributed by atoms with Crippen molar-refractivity contribution in [3.05, 3.63) is 0 Å². The zero-order valence-electron chi connectivity index (χ0n) is 8.22. The number of ketones is 1. The number of carbonyl (C=O) groups excluding carboxylic acids is 1. The molecule has 0 aliphatic rings. The Bertz CT molecular complexity index is 165. The van der Waals surface area contributed by atoms with Gasteiger partial charge in [0.15, 0.2) is 0 Å². The molecule has 0 aromatic carbocycles. The molecule has 0 aromatic heterocycles. The molecule has 12 heavy (non-hydrogen) atoms. The molecule has 0 aliphatic carbocycles. The molecule has 1 atom stereocenters. The van der Waals surface area contributed by atoms with Gasteiger partial charge < -0.3 is 10.2 Å². The lowest BCUT2D eigenvalue weighted by Crippen LogP contribution is -2.36. The van der Waals surface area contributed by atoms with Crippen molar-refractivity contribution in [1.29, 1.82) is 0 Å². The van der Waals surface area contributed by atoms with Crippen LogP contribution in [0.4, 0.5) is 0 Å². The zero-order chi connectivity index (χ0) is 9.99. The summed E-state index contributed by atoms with van der Waals surface area (Å²) in [7, 11) is 0. The summed E-state index contributed by atoms with van der Waals surface area (Å²) < 4.78 is 0. The minimum Gasteiger partial charge on any atom is -0.390 e. The molecular weight excluding hydrogens is 156 g/mol. The Labute approximate surface area is 73.4 Å². The summed E-state index contributed by atoms with van der Waals surface area (Å²) in [5.74, 6) is -0.0655. The van der Waals surface area contributed by atoms with Gasteiger partial charge in [-0.3, -0.25) is 4.79 Å². The van der Waals surface area contributed by atoms with Gasteiger partial charge in [0.25, 0.3) is 0 Å². The number of hydrogen-bond acceptors (Lipinski definition) is 3. The Morgan fingerprint density at radius 2 is 1.67 bits per heavy atom. The van der Waals surface area contributed by atoms with Gasteiger partial charge in [-0.05, 0) is 27.7 Å². The van der Waals surface area contributed by atoms with Gasteiger partial charge in [0.1, 0.15) is 5.78 Å². The van der Waals surface area contributed by atoms with E-state index in [1.54, 1.807) is 20.8 Å². The lowest BCUT2D eigenvalue weighted by Gasteiger charge is -2.29. The summed E-state index contributed by atoms with van der Waals surface area (Å²) in [6, 6.07) is 0. The van der Waals surface area contributed by atoms with Crippen LogP contribution in [0.3, 0.4) is 0 Å². The van der Waals surface area contributed by atoms with E-state index in [2.05, 4.69) is 0 Å². The number of rotatable bonds is 4. The molecule has 3 nitrogen and oxygen atoms in total. The lowest BCUT2D eigenvalue weighted by molar-refractivity contribution is -0.123. The molecule has 0 heterocycles. The largest absolute Gasteiger partial charge is 0.390 e. The minimum atomic E-state index is -1.09. The maximum Gasteiger partial charge on any atom is 0.132 e. The topological polar surface area (TPSA) is 57.5 Å². The highest BCUT2D eigenvalue weighted by molar-refractivity contribution is 5.76. The SMILES string of the molecule is CC(=O)CC(C)(O)CC(C)(C)O. The van der Waals surface area contributed by atoms with E-state index in [0.717, 1.165) is 0 Å². The molecule has 1 unspecified atom stereocenters. The van der Waals surface area contributed by atoms with Crippen molar-refractivity contribution in [1.82, 2.24) is 0 Å². The average molecular weight is 174 g/mol. The first-order valence-corrected chi connectivity index (χ1v) is 4.07. The first-order chi connectivity index (χ1) is 5.12. The molecule has 2 N–H and O–H groups in total. The van der Waals surface area contributed by atoms with E-state index in [0.29, 0.717) is 0 Å². The second kappa shape index (κ2) is 3.54. The number of Topliss-reactive ketones (excluding diaryl/α,β-unsaturated/α-hetero) is 1. The molecule has 0 spiro atoms. The Hall–Kier alpha value is -0.410. The normalized spacial score (nSPS) is 17.2. The first kappa shape index (κ1) is 11.6. The van der Waals surface area contributed by atoms with Crippen LogP contribution in [0.25, 0.3) is 0 Å². The standard InChI is InChI=1S/C9H18O3/c1-7(10)5-9(4,12)6-8(2,3)11/h11-12H,5-6H2,1-4H3. The maximum absolute atomic E-state index is 10.7. The van der Waals surface area contributed by atoms with Gasteiger partial charge >= 0.3 is 0 Å². The second-order valence-electron chi connectivity index (χ2n) is 4.36. The third-order valence-corrected chi connectivity index (χ3v) is 1.44. The van der Waals surface area contributed by atoms with Crippen molar-refractivity contribution < 1.29 is 15.0 Å². The van der Waals surface area contributed by atoms with Crippen LogP contribution < -0.4 is 0 Å². The molecule has 72 valence electrons. The van der Waals surface area contributed by atoms with E-state index in [9.17, 15) is 15.0 Å². The molecule has 0 radical (unpaired) electrons. The van der Waals surface area contributed by atoms with Crippen molar-refractivity contribution in [2.24, 2.45) is 0 Å². The van der Waals surface area contributed by atoms with Gasteiger partial charge in [0.2, 0.25) is 0 Å². The van der Waals surface area contributed by atoms with Crippen LogP contribution >= 0.6 is 0 Å². The summed E-state index contributed by atoms with van der Waals surface area (Å²) >= 11 is 0. The third-order valence-electron chi connectivity index (χ3n) is 1.44. The lowest BCUT2D eigenvalue weighted by atomic mass is 9.87. The minimum absolute atomic E-state index is 0.0655. The number of aliphatic hydroxyl groups is 2. The molecular formula is C9H18O3. The number of hydrogen-bond donors (Lipinski definition) is 2. The average Bonchev–Trinajstić information content (AvgIpc) is 1.48. The molecule has 0 amide bonds. The summed E-state index contributed by atoms with van der Waals surface area (Å²) in [4.78, 5) is 10.7. The fraction of sp³-hybridized carbons (Fsp3) is 0.889. The predicted molar refractivity (Wildman–Crippen MR) is 46.8 cm³/mol. The van der Waals surface area contributed by atoms with E-state index in [1.165, 1.54) is 6.92 Å². The smallest absolute Gasteiger partial charge is 0.132 e. The first-order valence-electron chi connectivity index (χ1n) is 4.07. The fourth-order valence-electron chi connectivity index (χ4n) is 1.53.